The molecule has 0 bridgehead atoms. The average molecular weight is 329 g/mol. The van der Waals surface area contributed by atoms with Crippen molar-refractivity contribution in [2.24, 2.45) is 5.73 Å². The van der Waals surface area contributed by atoms with Gasteiger partial charge in [-0.1, -0.05) is 12.1 Å². The minimum atomic E-state index is -1.05. The molecule has 8 nitrogen and oxygen atoms in total. The van der Waals surface area contributed by atoms with Crippen molar-refractivity contribution in [2.45, 2.75) is 12.5 Å². The quantitative estimate of drug-likeness (QED) is 0.546. The molecular weight excluding hydrogens is 314 g/mol. The van der Waals surface area contributed by atoms with Gasteiger partial charge in [0.25, 0.3) is 5.69 Å². The number of hydrogen-bond donors (Lipinski definition) is 3. The van der Waals surface area contributed by atoms with Crippen molar-refractivity contribution in [3.05, 3.63) is 69.8 Å². The van der Waals surface area contributed by atoms with Crippen LogP contribution in [0, 0.1) is 10.1 Å². The van der Waals surface area contributed by atoms with Crippen LogP contribution in [0.5, 0.6) is 0 Å². The lowest BCUT2D eigenvalue weighted by molar-refractivity contribution is -0.384. The summed E-state index contributed by atoms with van der Waals surface area (Å²) in [7, 11) is 0. The molecule has 0 aromatic heterocycles. The summed E-state index contributed by atoms with van der Waals surface area (Å²) in [5.41, 5.74) is 7.05. The van der Waals surface area contributed by atoms with Gasteiger partial charge in [0.05, 0.1) is 16.5 Å². The number of anilines is 1. The largest absolute Gasteiger partial charge is 0.478 e. The second kappa shape index (κ2) is 7.34. The lowest BCUT2D eigenvalue weighted by Crippen LogP contribution is -2.37. The van der Waals surface area contributed by atoms with Crippen LogP contribution in [0.3, 0.4) is 0 Å². The van der Waals surface area contributed by atoms with E-state index in [4.69, 9.17) is 10.8 Å². The third-order valence-electron chi connectivity index (χ3n) is 3.34. The maximum absolute atomic E-state index is 12.1. The molecule has 4 N–H and O–H groups in total. The summed E-state index contributed by atoms with van der Waals surface area (Å²) in [5, 5.41) is 22.0. The number of nitro benzene ring substituents is 1. The van der Waals surface area contributed by atoms with Crippen molar-refractivity contribution in [1.82, 2.24) is 0 Å². The van der Waals surface area contributed by atoms with Crippen LogP contribution < -0.4 is 11.1 Å². The first-order chi connectivity index (χ1) is 11.4. The lowest BCUT2D eigenvalue weighted by Gasteiger charge is -2.12. The topological polar surface area (TPSA) is 136 Å². The number of carboxylic acid groups (broad SMARTS) is 1. The fourth-order valence-corrected chi connectivity index (χ4v) is 2.03. The fraction of sp³-hybridized carbons (Fsp3) is 0.125. The van der Waals surface area contributed by atoms with Gasteiger partial charge in [0, 0.05) is 17.8 Å². The highest BCUT2D eigenvalue weighted by Gasteiger charge is 2.15. The number of amides is 1. The molecule has 0 spiro atoms. The highest BCUT2D eigenvalue weighted by molar-refractivity contribution is 5.95. The van der Waals surface area contributed by atoms with Crippen LogP contribution in [0.2, 0.25) is 0 Å². The Hall–Kier alpha value is -3.26. The molecule has 0 unspecified atom stereocenters. The zero-order valence-electron chi connectivity index (χ0n) is 12.5. The highest BCUT2D eigenvalue weighted by atomic mass is 16.6. The van der Waals surface area contributed by atoms with E-state index in [1.165, 1.54) is 36.4 Å². The van der Waals surface area contributed by atoms with Gasteiger partial charge in [-0.05, 0) is 36.2 Å². The summed E-state index contributed by atoms with van der Waals surface area (Å²) < 4.78 is 0. The first kappa shape index (κ1) is 17.1. The van der Waals surface area contributed by atoms with Crippen molar-refractivity contribution in [1.29, 1.82) is 0 Å². The van der Waals surface area contributed by atoms with E-state index >= 15 is 0 Å². The monoisotopic (exact) mass is 329 g/mol. The van der Waals surface area contributed by atoms with Crippen molar-refractivity contribution in [3.8, 4) is 0 Å². The second-order valence-corrected chi connectivity index (χ2v) is 5.11. The van der Waals surface area contributed by atoms with Crippen LogP contribution >= 0.6 is 0 Å². The standard InChI is InChI=1S/C16H15N3O5/c17-14(9-10-1-7-13(8-2-10)19(23)24)15(20)18-12-5-3-11(4-6-12)16(21)22/h1-8,14H,9,17H2,(H,18,20)(H,21,22)/t14-/m0/s1. The Morgan fingerprint density at radius 3 is 2.21 bits per heavy atom. The summed E-state index contributed by atoms with van der Waals surface area (Å²) in [5.74, 6) is -1.49. The summed E-state index contributed by atoms with van der Waals surface area (Å²) >= 11 is 0. The Kier molecular flexibility index (Phi) is 5.23. The molecule has 0 aliphatic heterocycles. The normalized spacial score (nSPS) is 11.5. The molecule has 2 aromatic carbocycles. The van der Waals surface area contributed by atoms with E-state index in [-0.39, 0.29) is 17.7 Å². The van der Waals surface area contributed by atoms with Crippen molar-refractivity contribution >= 4 is 23.3 Å². The number of nitrogens with zero attached hydrogens (tertiary/aromatic N) is 1. The number of carboxylic acids is 1. The fourth-order valence-electron chi connectivity index (χ4n) is 2.03. The molecule has 0 saturated heterocycles. The number of non-ortho nitro benzene ring substituents is 1. The molecule has 2 aromatic rings. The maximum Gasteiger partial charge on any atom is 0.335 e. The molecule has 0 aliphatic rings. The van der Waals surface area contributed by atoms with Gasteiger partial charge in [0.1, 0.15) is 0 Å². The molecule has 1 atom stereocenters. The maximum atomic E-state index is 12.1. The molecule has 8 heteroatoms. The number of hydrogen-bond acceptors (Lipinski definition) is 5. The number of nitrogens with two attached hydrogens (primary N) is 1. The Morgan fingerprint density at radius 1 is 1.12 bits per heavy atom. The lowest BCUT2D eigenvalue weighted by atomic mass is 10.1. The van der Waals surface area contributed by atoms with Gasteiger partial charge in [0.2, 0.25) is 5.91 Å². The van der Waals surface area contributed by atoms with Gasteiger partial charge in [-0.15, -0.1) is 0 Å². The third kappa shape index (κ3) is 4.37. The van der Waals surface area contributed by atoms with Crippen LogP contribution in [0.15, 0.2) is 48.5 Å². The van der Waals surface area contributed by atoms with Crippen molar-refractivity contribution < 1.29 is 19.6 Å². The predicted molar refractivity (Wildman–Crippen MR) is 86.8 cm³/mol. The number of nitro groups is 1. The number of aromatic carboxylic acids is 1. The number of carbonyl (C=O) groups excluding carboxylic acids is 1. The Balaban J connectivity index is 1.96. The van der Waals surface area contributed by atoms with E-state index in [1.807, 2.05) is 0 Å². The second-order valence-electron chi connectivity index (χ2n) is 5.11. The van der Waals surface area contributed by atoms with Gasteiger partial charge in [-0.25, -0.2) is 4.79 Å². The third-order valence-corrected chi connectivity index (χ3v) is 3.34. The minimum Gasteiger partial charge on any atom is -0.478 e. The van der Waals surface area contributed by atoms with Crippen molar-refractivity contribution in [3.63, 3.8) is 0 Å². The summed E-state index contributed by atoms with van der Waals surface area (Å²) in [4.78, 5) is 32.9. The molecule has 0 saturated carbocycles. The summed E-state index contributed by atoms with van der Waals surface area (Å²) in [6.45, 7) is 0. The molecule has 0 radical (unpaired) electrons. The number of nitrogens with one attached hydrogen (secondary N) is 1. The van der Waals surface area contributed by atoms with Crippen LogP contribution in [0.4, 0.5) is 11.4 Å². The molecule has 124 valence electrons. The Bertz CT molecular complexity index is 756. The number of benzene rings is 2. The van der Waals surface area contributed by atoms with E-state index in [2.05, 4.69) is 5.32 Å². The molecule has 2 rings (SSSR count). The summed E-state index contributed by atoms with van der Waals surface area (Å²) in [6, 6.07) is 10.7. The number of rotatable bonds is 6. The minimum absolute atomic E-state index is 0.0321. The van der Waals surface area contributed by atoms with E-state index in [0.717, 1.165) is 0 Å². The van der Waals surface area contributed by atoms with E-state index in [9.17, 15) is 19.7 Å². The van der Waals surface area contributed by atoms with Gasteiger partial charge in [-0.3, -0.25) is 14.9 Å². The van der Waals surface area contributed by atoms with Crippen LogP contribution in [0.25, 0.3) is 0 Å². The van der Waals surface area contributed by atoms with E-state index in [1.54, 1.807) is 12.1 Å². The molecule has 0 aliphatic carbocycles. The molecule has 0 fully saturated rings. The van der Waals surface area contributed by atoms with Gasteiger partial charge < -0.3 is 16.2 Å². The first-order valence-corrected chi connectivity index (χ1v) is 7.00. The smallest absolute Gasteiger partial charge is 0.335 e. The zero-order valence-corrected chi connectivity index (χ0v) is 12.5. The van der Waals surface area contributed by atoms with Gasteiger partial charge in [0.15, 0.2) is 0 Å². The van der Waals surface area contributed by atoms with Gasteiger partial charge in [-0.2, -0.15) is 0 Å². The summed E-state index contributed by atoms with van der Waals surface area (Å²) in [6.07, 6.45) is 0.219. The van der Waals surface area contributed by atoms with E-state index in [0.29, 0.717) is 11.3 Å². The molecular formula is C16H15N3O5. The number of carbonyl (C=O) groups is 2. The van der Waals surface area contributed by atoms with Crippen LogP contribution in [-0.2, 0) is 11.2 Å². The van der Waals surface area contributed by atoms with Crippen molar-refractivity contribution in [2.75, 3.05) is 5.32 Å². The zero-order chi connectivity index (χ0) is 17.7. The Morgan fingerprint density at radius 2 is 1.71 bits per heavy atom. The van der Waals surface area contributed by atoms with Gasteiger partial charge >= 0.3 is 5.97 Å². The Labute approximate surface area is 137 Å². The highest BCUT2D eigenvalue weighted by Crippen LogP contribution is 2.14. The molecule has 0 heterocycles. The van der Waals surface area contributed by atoms with Crippen LogP contribution in [0.1, 0.15) is 15.9 Å². The average Bonchev–Trinajstić information content (AvgIpc) is 2.55. The SMILES string of the molecule is N[C@@H](Cc1ccc([N+](=O)[O-])cc1)C(=O)Nc1ccc(C(=O)O)cc1. The predicted octanol–water partition coefficient (Wildman–Crippen LogP) is 1.80. The molecule has 1 amide bonds. The van der Waals surface area contributed by atoms with Crippen LogP contribution in [-0.4, -0.2) is 27.9 Å². The first-order valence-electron chi connectivity index (χ1n) is 7.00. The van der Waals surface area contributed by atoms with E-state index < -0.39 is 22.8 Å². The molecule has 24 heavy (non-hydrogen) atoms.